The summed E-state index contributed by atoms with van der Waals surface area (Å²) in [5.41, 5.74) is 7.51. The van der Waals surface area contributed by atoms with Gasteiger partial charge < -0.3 is 10.5 Å². The molecular formula is C12H19N3OS. The van der Waals surface area contributed by atoms with Crippen molar-refractivity contribution in [2.75, 3.05) is 14.2 Å². The number of aryl methyl sites for hydroxylation is 1. The zero-order valence-electron chi connectivity index (χ0n) is 10.7. The van der Waals surface area contributed by atoms with Gasteiger partial charge in [-0.05, 0) is 20.9 Å². The molecule has 1 aromatic rings. The van der Waals surface area contributed by atoms with Gasteiger partial charge in [-0.25, -0.2) is 0 Å². The molecule has 0 amide bonds. The lowest BCUT2D eigenvalue weighted by Crippen LogP contribution is -2.38. The highest BCUT2D eigenvalue weighted by molar-refractivity contribution is 7.80. The predicted molar refractivity (Wildman–Crippen MR) is 73.2 cm³/mol. The van der Waals surface area contributed by atoms with E-state index in [1.54, 1.807) is 7.11 Å². The molecule has 0 saturated heterocycles. The van der Waals surface area contributed by atoms with Gasteiger partial charge in [0.25, 0.3) is 0 Å². The van der Waals surface area contributed by atoms with Crippen LogP contribution < -0.4 is 10.5 Å². The molecule has 2 N–H and O–H groups in total. The Balaban J connectivity index is 2.80. The standard InChI is InChI=1S/C12H19N3OS/c1-8-5-11(16-4)6-10(14-8)7-15(3)9(2)12(13)17/h5-6,9H,7H2,1-4H3,(H2,13,17). The van der Waals surface area contributed by atoms with Crippen molar-refractivity contribution < 1.29 is 4.74 Å². The van der Waals surface area contributed by atoms with Gasteiger partial charge in [0.05, 0.1) is 23.8 Å². The number of likely N-dealkylation sites (N-methyl/N-ethyl adjacent to an activating group) is 1. The SMILES string of the molecule is COc1cc(C)nc(CN(C)C(C)C(N)=S)c1. The van der Waals surface area contributed by atoms with E-state index in [9.17, 15) is 0 Å². The summed E-state index contributed by atoms with van der Waals surface area (Å²) in [5, 5.41) is 0. The van der Waals surface area contributed by atoms with Crippen LogP contribution in [0.3, 0.4) is 0 Å². The highest BCUT2D eigenvalue weighted by Gasteiger charge is 2.13. The highest BCUT2D eigenvalue weighted by atomic mass is 32.1. The van der Waals surface area contributed by atoms with E-state index in [1.807, 2.05) is 33.0 Å². The molecule has 0 aliphatic heterocycles. The van der Waals surface area contributed by atoms with E-state index in [-0.39, 0.29) is 6.04 Å². The van der Waals surface area contributed by atoms with Gasteiger partial charge >= 0.3 is 0 Å². The Hall–Kier alpha value is -1.20. The Morgan fingerprint density at radius 1 is 1.59 bits per heavy atom. The average molecular weight is 253 g/mol. The van der Waals surface area contributed by atoms with Crippen LogP contribution >= 0.6 is 12.2 Å². The molecule has 1 unspecified atom stereocenters. The number of ether oxygens (including phenoxy) is 1. The number of hydrogen-bond acceptors (Lipinski definition) is 4. The van der Waals surface area contributed by atoms with Gasteiger partial charge in [-0.1, -0.05) is 12.2 Å². The van der Waals surface area contributed by atoms with Crippen LogP contribution in [-0.2, 0) is 6.54 Å². The van der Waals surface area contributed by atoms with Crippen LogP contribution in [0.15, 0.2) is 12.1 Å². The molecule has 0 fully saturated rings. The second-order valence-corrected chi connectivity index (χ2v) is 4.60. The third kappa shape index (κ3) is 3.94. The molecule has 1 heterocycles. The molecule has 1 rings (SSSR count). The second kappa shape index (κ2) is 5.93. The first kappa shape index (κ1) is 13.9. The molecule has 0 aliphatic rings. The van der Waals surface area contributed by atoms with Gasteiger partial charge in [-0.15, -0.1) is 0 Å². The molecule has 0 aromatic carbocycles. The molecule has 17 heavy (non-hydrogen) atoms. The molecule has 0 saturated carbocycles. The zero-order valence-corrected chi connectivity index (χ0v) is 11.5. The minimum Gasteiger partial charge on any atom is -0.497 e. The first-order valence-corrected chi connectivity index (χ1v) is 5.86. The van der Waals surface area contributed by atoms with Crippen molar-refractivity contribution in [3.63, 3.8) is 0 Å². The lowest BCUT2D eigenvalue weighted by atomic mass is 10.2. The van der Waals surface area contributed by atoms with Crippen molar-refractivity contribution in [2.45, 2.75) is 26.4 Å². The van der Waals surface area contributed by atoms with Crippen LogP contribution in [0.2, 0.25) is 0 Å². The maximum Gasteiger partial charge on any atom is 0.122 e. The van der Waals surface area contributed by atoms with Gasteiger partial charge in [-0.3, -0.25) is 9.88 Å². The molecule has 4 nitrogen and oxygen atoms in total. The van der Waals surface area contributed by atoms with Crippen molar-refractivity contribution >= 4 is 17.2 Å². The molecular weight excluding hydrogens is 234 g/mol. The van der Waals surface area contributed by atoms with Crippen molar-refractivity contribution in [3.8, 4) is 5.75 Å². The number of aromatic nitrogens is 1. The third-order valence-corrected chi connectivity index (χ3v) is 3.04. The van der Waals surface area contributed by atoms with Gasteiger partial charge in [0.2, 0.25) is 0 Å². The third-order valence-electron chi connectivity index (χ3n) is 2.70. The summed E-state index contributed by atoms with van der Waals surface area (Å²) in [4.78, 5) is 7.01. The average Bonchev–Trinajstić information content (AvgIpc) is 2.26. The quantitative estimate of drug-likeness (QED) is 0.806. The van der Waals surface area contributed by atoms with E-state index in [2.05, 4.69) is 9.88 Å². The Morgan fingerprint density at radius 3 is 2.76 bits per heavy atom. The molecule has 94 valence electrons. The van der Waals surface area contributed by atoms with Gasteiger partial charge in [0, 0.05) is 24.4 Å². The number of methoxy groups -OCH3 is 1. The van der Waals surface area contributed by atoms with Crippen LogP contribution in [0.5, 0.6) is 5.75 Å². The lowest BCUT2D eigenvalue weighted by molar-refractivity contribution is 0.299. The minimum atomic E-state index is 0.0540. The number of nitrogens with two attached hydrogens (primary N) is 1. The van der Waals surface area contributed by atoms with Crippen molar-refractivity contribution in [3.05, 3.63) is 23.5 Å². The van der Waals surface area contributed by atoms with E-state index in [1.165, 1.54) is 0 Å². The first-order valence-electron chi connectivity index (χ1n) is 5.45. The topological polar surface area (TPSA) is 51.4 Å². The number of rotatable bonds is 5. The second-order valence-electron chi connectivity index (χ2n) is 4.13. The van der Waals surface area contributed by atoms with E-state index in [0.29, 0.717) is 11.5 Å². The summed E-state index contributed by atoms with van der Waals surface area (Å²) in [7, 11) is 3.63. The molecule has 0 aliphatic carbocycles. The summed E-state index contributed by atoms with van der Waals surface area (Å²) in [5.74, 6) is 0.823. The molecule has 1 aromatic heterocycles. The minimum absolute atomic E-state index is 0.0540. The summed E-state index contributed by atoms with van der Waals surface area (Å²) < 4.78 is 5.22. The smallest absolute Gasteiger partial charge is 0.122 e. The number of nitrogens with zero attached hydrogens (tertiary/aromatic N) is 2. The monoisotopic (exact) mass is 253 g/mol. The molecule has 0 spiro atoms. The summed E-state index contributed by atoms with van der Waals surface area (Å²) in [6.07, 6.45) is 0. The Labute approximate surface area is 108 Å². The fraction of sp³-hybridized carbons (Fsp3) is 0.500. The first-order chi connectivity index (χ1) is 7.93. The fourth-order valence-corrected chi connectivity index (χ4v) is 1.69. The van der Waals surface area contributed by atoms with Crippen molar-refractivity contribution in [2.24, 2.45) is 5.73 Å². The maximum atomic E-state index is 5.62. The maximum absolute atomic E-state index is 5.62. The van der Waals surface area contributed by atoms with E-state index in [4.69, 9.17) is 22.7 Å². The van der Waals surface area contributed by atoms with E-state index in [0.717, 1.165) is 17.1 Å². The Bertz CT molecular complexity index is 409. The molecule has 0 bridgehead atoms. The van der Waals surface area contributed by atoms with Crippen molar-refractivity contribution in [1.82, 2.24) is 9.88 Å². The summed E-state index contributed by atoms with van der Waals surface area (Å²) >= 11 is 4.98. The van der Waals surface area contributed by atoms with Crippen LogP contribution in [-0.4, -0.2) is 35.1 Å². The van der Waals surface area contributed by atoms with Gasteiger partial charge in [-0.2, -0.15) is 0 Å². The zero-order chi connectivity index (χ0) is 13.0. The molecule has 1 atom stereocenters. The Morgan fingerprint density at radius 2 is 2.24 bits per heavy atom. The number of thiocarbonyl (C=S) groups is 1. The highest BCUT2D eigenvalue weighted by Crippen LogP contribution is 2.15. The normalized spacial score (nSPS) is 12.5. The van der Waals surface area contributed by atoms with Gasteiger partial charge in [0.15, 0.2) is 0 Å². The number of hydrogen-bond donors (Lipinski definition) is 1. The van der Waals surface area contributed by atoms with Crippen LogP contribution in [0.4, 0.5) is 0 Å². The van der Waals surface area contributed by atoms with Crippen LogP contribution in [0, 0.1) is 6.92 Å². The summed E-state index contributed by atoms with van der Waals surface area (Å²) in [6.45, 7) is 4.62. The molecule has 5 heteroatoms. The van der Waals surface area contributed by atoms with E-state index < -0.39 is 0 Å². The fourth-order valence-electron chi connectivity index (χ4n) is 1.51. The largest absolute Gasteiger partial charge is 0.497 e. The predicted octanol–water partition coefficient (Wildman–Crippen LogP) is 1.51. The van der Waals surface area contributed by atoms with E-state index >= 15 is 0 Å². The molecule has 0 radical (unpaired) electrons. The van der Waals surface area contributed by atoms with Gasteiger partial charge in [0.1, 0.15) is 5.75 Å². The Kier molecular flexibility index (Phi) is 4.84. The van der Waals surface area contributed by atoms with Crippen LogP contribution in [0.25, 0.3) is 0 Å². The van der Waals surface area contributed by atoms with Crippen LogP contribution in [0.1, 0.15) is 18.3 Å². The number of pyridine rings is 1. The lowest BCUT2D eigenvalue weighted by Gasteiger charge is -2.23. The van der Waals surface area contributed by atoms with Crippen molar-refractivity contribution in [1.29, 1.82) is 0 Å². The summed E-state index contributed by atoms with van der Waals surface area (Å²) in [6, 6.07) is 3.88.